The summed E-state index contributed by atoms with van der Waals surface area (Å²) in [4.78, 5) is 0. The molecule has 2 rings (SSSR count). The van der Waals surface area contributed by atoms with Gasteiger partial charge in [0, 0.05) is 20.3 Å². The van der Waals surface area contributed by atoms with Crippen LogP contribution in [-0.4, -0.2) is 14.2 Å². The third-order valence-electron chi connectivity index (χ3n) is 3.51. The van der Waals surface area contributed by atoms with Crippen molar-refractivity contribution in [2.75, 3.05) is 14.2 Å². The Morgan fingerprint density at radius 1 is 1.09 bits per heavy atom. The molecule has 0 aliphatic rings. The van der Waals surface area contributed by atoms with Crippen molar-refractivity contribution in [3.63, 3.8) is 0 Å². The molecule has 0 amide bonds. The summed E-state index contributed by atoms with van der Waals surface area (Å²) in [5, 5.41) is 8.56. The molecule has 0 aliphatic carbocycles. The third kappa shape index (κ3) is 4.40. The molecule has 0 bridgehead atoms. The molecule has 0 radical (unpaired) electrons. The molecule has 0 aliphatic heterocycles. The molecule has 4 nitrogen and oxygen atoms in total. The van der Waals surface area contributed by atoms with Gasteiger partial charge in [0.15, 0.2) is 0 Å². The maximum Gasteiger partial charge on any atom is 0.334 e. The predicted molar refractivity (Wildman–Crippen MR) is 91.9 cm³/mol. The van der Waals surface area contributed by atoms with Gasteiger partial charge in [0.25, 0.3) is 0 Å². The first-order valence-electron chi connectivity index (χ1n) is 7.07. The average Bonchev–Trinajstić information content (AvgIpc) is 2.61. The van der Waals surface area contributed by atoms with Crippen LogP contribution in [0.2, 0.25) is 0 Å². The Kier molecular flexibility index (Phi) is 5.90. The molecule has 0 unspecified atom stereocenters. The minimum Gasteiger partial charge on any atom is -0.312 e. The summed E-state index contributed by atoms with van der Waals surface area (Å²) in [5.74, 6) is 0. The summed E-state index contributed by atoms with van der Waals surface area (Å²) in [7, 11) is -0.338. The van der Waals surface area contributed by atoms with E-state index in [1.165, 1.54) is 20.3 Å². The highest BCUT2D eigenvalue weighted by Crippen LogP contribution is 2.50. The SMILES string of the molecule is COP(=O)(Cc1ccccc1-c1ccc(C=CC#N)cc1)OC. The molecule has 0 heterocycles. The number of hydrogen-bond acceptors (Lipinski definition) is 4. The number of allylic oxidation sites excluding steroid dienone is 1. The van der Waals surface area contributed by atoms with Crippen molar-refractivity contribution >= 4 is 13.7 Å². The topological polar surface area (TPSA) is 59.3 Å². The van der Waals surface area contributed by atoms with Crippen molar-refractivity contribution in [1.29, 1.82) is 5.26 Å². The molecule has 2 aromatic carbocycles. The molecule has 0 fully saturated rings. The molecule has 0 atom stereocenters. The zero-order valence-corrected chi connectivity index (χ0v) is 14.0. The van der Waals surface area contributed by atoms with Gasteiger partial charge in [0.2, 0.25) is 0 Å². The van der Waals surface area contributed by atoms with Gasteiger partial charge >= 0.3 is 7.60 Å². The van der Waals surface area contributed by atoms with E-state index in [2.05, 4.69) is 0 Å². The Labute approximate surface area is 136 Å². The van der Waals surface area contributed by atoms with Crippen molar-refractivity contribution < 1.29 is 13.6 Å². The first-order valence-corrected chi connectivity index (χ1v) is 8.79. The fourth-order valence-corrected chi connectivity index (χ4v) is 3.36. The lowest BCUT2D eigenvalue weighted by Crippen LogP contribution is -1.96. The van der Waals surface area contributed by atoms with Crippen molar-refractivity contribution in [2.45, 2.75) is 6.16 Å². The fraction of sp³-hybridized carbons (Fsp3) is 0.167. The fourth-order valence-electron chi connectivity index (χ4n) is 2.26. The van der Waals surface area contributed by atoms with Gasteiger partial charge in [-0.1, -0.05) is 48.5 Å². The maximum atomic E-state index is 12.4. The lowest BCUT2D eigenvalue weighted by Gasteiger charge is -2.16. The van der Waals surface area contributed by atoms with E-state index in [1.807, 2.05) is 54.6 Å². The second-order valence-corrected chi connectivity index (χ2v) is 7.14. The lowest BCUT2D eigenvalue weighted by molar-refractivity contribution is 0.275. The molecule has 23 heavy (non-hydrogen) atoms. The standard InChI is InChI=1S/C18H18NO3P/c1-21-23(20,22-2)14-17-7-3-4-8-18(17)16-11-9-15(10-12-16)6-5-13-19/h3-12H,14H2,1-2H3. The highest BCUT2D eigenvalue weighted by molar-refractivity contribution is 7.52. The number of rotatable bonds is 6. The van der Waals surface area contributed by atoms with Crippen LogP contribution in [0.15, 0.2) is 54.6 Å². The predicted octanol–water partition coefficient (Wildman–Crippen LogP) is 4.88. The van der Waals surface area contributed by atoms with Crippen LogP contribution in [-0.2, 0) is 19.8 Å². The van der Waals surface area contributed by atoms with Crippen LogP contribution in [0.4, 0.5) is 0 Å². The number of nitrogens with zero attached hydrogens (tertiary/aromatic N) is 1. The quantitative estimate of drug-likeness (QED) is 0.560. The largest absolute Gasteiger partial charge is 0.334 e. The molecular formula is C18H18NO3P. The molecule has 5 heteroatoms. The molecule has 0 saturated carbocycles. The Morgan fingerprint density at radius 2 is 1.74 bits per heavy atom. The van der Waals surface area contributed by atoms with E-state index in [-0.39, 0.29) is 6.16 Å². The van der Waals surface area contributed by atoms with Gasteiger partial charge in [-0.2, -0.15) is 5.26 Å². The molecule has 118 valence electrons. The van der Waals surface area contributed by atoms with Gasteiger partial charge in [-0.05, 0) is 28.3 Å². The zero-order chi connectivity index (χ0) is 16.7. The molecule has 0 N–H and O–H groups in total. The molecule has 0 aromatic heterocycles. The maximum absolute atomic E-state index is 12.4. The van der Waals surface area contributed by atoms with E-state index in [0.717, 1.165) is 22.3 Å². The van der Waals surface area contributed by atoms with E-state index in [9.17, 15) is 4.57 Å². The van der Waals surface area contributed by atoms with E-state index >= 15 is 0 Å². The minimum absolute atomic E-state index is 0.215. The van der Waals surface area contributed by atoms with Crippen molar-refractivity contribution in [3.05, 3.63) is 65.7 Å². The summed E-state index contributed by atoms with van der Waals surface area (Å²) in [6, 6.07) is 17.5. The van der Waals surface area contributed by atoms with Crippen LogP contribution in [0.3, 0.4) is 0 Å². The van der Waals surface area contributed by atoms with E-state index in [1.54, 1.807) is 6.08 Å². The number of nitriles is 1. The van der Waals surface area contributed by atoms with Crippen molar-refractivity contribution in [2.24, 2.45) is 0 Å². The Morgan fingerprint density at radius 3 is 2.35 bits per heavy atom. The van der Waals surface area contributed by atoms with Gasteiger partial charge in [-0.3, -0.25) is 4.57 Å². The van der Waals surface area contributed by atoms with E-state index < -0.39 is 7.60 Å². The third-order valence-corrected chi connectivity index (χ3v) is 5.35. The second-order valence-electron chi connectivity index (χ2n) is 4.88. The van der Waals surface area contributed by atoms with E-state index in [4.69, 9.17) is 14.3 Å². The first-order chi connectivity index (χ1) is 11.1. The van der Waals surface area contributed by atoms with Crippen LogP contribution >= 0.6 is 7.60 Å². The van der Waals surface area contributed by atoms with Crippen LogP contribution in [0.1, 0.15) is 11.1 Å². The number of hydrogen-bond donors (Lipinski definition) is 0. The van der Waals surface area contributed by atoms with Gasteiger partial charge in [0.1, 0.15) is 0 Å². The lowest BCUT2D eigenvalue weighted by atomic mass is 9.99. The van der Waals surface area contributed by atoms with Gasteiger partial charge in [-0.25, -0.2) is 0 Å². The summed E-state index contributed by atoms with van der Waals surface area (Å²) < 4.78 is 22.5. The molecule has 2 aromatic rings. The van der Waals surface area contributed by atoms with E-state index in [0.29, 0.717) is 0 Å². The van der Waals surface area contributed by atoms with Crippen LogP contribution in [0.25, 0.3) is 17.2 Å². The van der Waals surface area contributed by atoms with Gasteiger partial charge in [-0.15, -0.1) is 0 Å². The monoisotopic (exact) mass is 327 g/mol. The minimum atomic E-state index is -3.12. The Bertz CT molecular complexity index is 768. The van der Waals surface area contributed by atoms with Crippen molar-refractivity contribution in [3.8, 4) is 17.2 Å². The highest BCUT2D eigenvalue weighted by atomic mass is 31.2. The Balaban J connectivity index is 2.35. The summed E-state index contributed by atoms with van der Waals surface area (Å²) in [6.07, 6.45) is 3.41. The zero-order valence-electron chi connectivity index (χ0n) is 13.1. The summed E-state index contributed by atoms with van der Waals surface area (Å²) >= 11 is 0. The van der Waals surface area contributed by atoms with Crippen molar-refractivity contribution in [1.82, 2.24) is 0 Å². The molecule has 0 spiro atoms. The molecule has 0 saturated heterocycles. The summed E-state index contributed by atoms with van der Waals surface area (Å²) in [6.45, 7) is 0. The summed E-state index contributed by atoms with van der Waals surface area (Å²) in [5.41, 5.74) is 3.85. The van der Waals surface area contributed by atoms with Crippen LogP contribution in [0, 0.1) is 11.3 Å². The second kappa shape index (κ2) is 7.89. The van der Waals surface area contributed by atoms with Crippen LogP contribution in [0.5, 0.6) is 0 Å². The Hall–Kier alpha value is -2.18. The smallest absolute Gasteiger partial charge is 0.312 e. The van der Waals surface area contributed by atoms with Gasteiger partial charge < -0.3 is 9.05 Å². The molecular weight excluding hydrogens is 309 g/mol. The first kappa shape index (κ1) is 17.2. The van der Waals surface area contributed by atoms with Gasteiger partial charge in [0.05, 0.1) is 12.2 Å². The normalized spacial score (nSPS) is 11.5. The number of benzene rings is 2. The highest BCUT2D eigenvalue weighted by Gasteiger charge is 2.23. The average molecular weight is 327 g/mol. The van der Waals surface area contributed by atoms with Crippen LogP contribution < -0.4 is 0 Å².